The predicted octanol–water partition coefficient (Wildman–Crippen LogP) is 2.54. The van der Waals surface area contributed by atoms with Gasteiger partial charge in [0.2, 0.25) is 0 Å². The molecule has 2 aromatic rings. The first-order valence-electron chi connectivity index (χ1n) is 4.19. The zero-order chi connectivity index (χ0) is 10.1. The number of nitrogen functional groups attached to an aromatic ring is 1. The van der Waals surface area contributed by atoms with E-state index in [1.54, 1.807) is 11.3 Å². The highest BCUT2D eigenvalue weighted by Crippen LogP contribution is 2.22. The van der Waals surface area contributed by atoms with Crippen LogP contribution in [0.2, 0.25) is 4.34 Å². The van der Waals surface area contributed by atoms with Crippen LogP contribution < -0.4 is 5.73 Å². The molecule has 0 aromatic carbocycles. The van der Waals surface area contributed by atoms with Gasteiger partial charge >= 0.3 is 0 Å². The van der Waals surface area contributed by atoms with Crippen LogP contribution >= 0.6 is 22.9 Å². The minimum absolute atomic E-state index is 0.560. The first kappa shape index (κ1) is 9.55. The summed E-state index contributed by atoms with van der Waals surface area (Å²) < 4.78 is 2.68. The van der Waals surface area contributed by atoms with Crippen molar-refractivity contribution in [2.45, 2.75) is 13.5 Å². The smallest absolute Gasteiger partial charge is 0.145 e. The standard InChI is InChI=1S/C9H10ClN3S/c1-6-4-9(11)12-13(6)5-7-2-3-8(10)14-7/h2-4H,5H2,1H3,(H2,11,12). The third-order valence-corrected chi connectivity index (χ3v) is 3.15. The summed E-state index contributed by atoms with van der Waals surface area (Å²) in [6.07, 6.45) is 0. The van der Waals surface area contributed by atoms with Gasteiger partial charge in [0, 0.05) is 16.6 Å². The molecule has 0 aliphatic heterocycles. The summed E-state index contributed by atoms with van der Waals surface area (Å²) in [5.41, 5.74) is 6.65. The van der Waals surface area contributed by atoms with Crippen molar-refractivity contribution in [1.29, 1.82) is 0 Å². The van der Waals surface area contributed by atoms with E-state index in [-0.39, 0.29) is 0 Å². The number of aryl methyl sites for hydroxylation is 1. The summed E-state index contributed by atoms with van der Waals surface area (Å²) >= 11 is 7.40. The molecule has 0 radical (unpaired) electrons. The third-order valence-electron chi connectivity index (χ3n) is 1.93. The van der Waals surface area contributed by atoms with Crippen molar-refractivity contribution >= 4 is 28.8 Å². The number of hydrogen-bond donors (Lipinski definition) is 1. The van der Waals surface area contributed by atoms with E-state index in [9.17, 15) is 0 Å². The van der Waals surface area contributed by atoms with Gasteiger partial charge in [0.1, 0.15) is 5.82 Å². The number of thiophene rings is 1. The summed E-state index contributed by atoms with van der Waals surface area (Å²) in [7, 11) is 0. The average Bonchev–Trinajstić information content (AvgIpc) is 2.61. The summed E-state index contributed by atoms with van der Waals surface area (Å²) in [4.78, 5) is 1.18. The molecule has 0 unspecified atom stereocenters. The van der Waals surface area contributed by atoms with Crippen LogP contribution in [0.15, 0.2) is 18.2 Å². The Bertz CT molecular complexity index is 447. The molecule has 14 heavy (non-hydrogen) atoms. The van der Waals surface area contributed by atoms with Gasteiger partial charge in [-0.05, 0) is 19.1 Å². The molecule has 74 valence electrons. The lowest BCUT2D eigenvalue weighted by molar-refractivity contribution is 0.675. The van der Waals surface area contributed by atoms with Crippen LogP contribution in [0.5, 0.6) is 0 Å². The molecule has 3 nitrogen and oxygen atoms in total. The first-order chi connectivity index (χ1) is 6.65. The topological polar surface area (TPSA) is 43.8 Å². The Morgan fingerprint density at radius 1 is 1.57 bits per heavy atom. The second-order valence-corrected chi connectivity index (χ2v) is 4.87. The lowest BCUT2D eigenvalue weighted by Gasteiger charge is -2.00. The Kier molecular flexibility index (Phi) is 2.48. The highest BCUT2D eigenvalue weighted by Gasteiger charge is 2.03. The Hall–Kier alpha value is -1.000. The molecule has 2 rings (SSSR count). The second-order valence-electron chi connectivity index (χ2n) is 3.07. The monoisotopic (exact) mass is 227 g/mol. The molecule has 5 heteroatoms. The van der Waals surface area contributed by atoms with Crippen LogP contribution in [0.25, 0.3) is 0 Å². The van der Waals surface area contributed by atoms with Gasteiger partial charge in [-0.1, -0.05) is 11.6 Å². The van der Waals surface area contributed by atoms with Gasteiger partial charge in [-0.2, -0.15) is 5.10 Å². The number of aromatic nitrogens is 2. The Balaban J connectivity index is 2.22. The van der Waals surface area contributed by atoms with Crippen molar-refractivity contribution < 1.29 is 0 Å². The molecule has 2 heterocycles. The van der Waals surface area contributed by atoms with Crippen molar-refractivity contribution in [2.75, 3.05) is 5.73 Å². The molecule has 0 spiro atoms. The largest absolute Gasteiger partial charge is 0.382 e. The van der Waals surface area contributed by atoms with E-state index >= 15 is 0 Å². The highest BCUT2D eigenvalue weighted by atomic mass is 35.5. The molecule has 0 fully saturated rings. The second kappa shape index (κ2) is 3.63. The van der Waals surface area contributed by atoms with Crippen molar-refractivity contribution in [3.8, 4) is 0 Å². The summed E-state index contributed by atoms with van der Waals surface area (Å²) in [5, 5.41) is 4.17. The minimum Gasteiger partial charge on any atom is -0.382 e. The fourth-order valence-corrected chi connectivity index (χ4v) is 2.35. The molecular weight excluding hydrogens is 218 g/mol. The van der Waals surface area contributed by atoms with Crippen molar-refractivity contribution in [3.63, 3.8) is 0 Å². The van der Waals surface area contributed by atoms with Crippen molar-refractivity contribution in [1.82, 2.24) is 9.78 Å². The lowest BCUT2D eigenvalue weighted by atomic mass is 10.4. The quantitative estimate of drug-likeness (QED) is 0.857. The molecule has 0 amide bonds. The van der Waals surface area contributed by atoms with Gasteiger partial charge in [0.05, 0.1) is 10.9 Å². The van der Waals surface area contributed by atoms with Gasteiger partial charge in [-0.25, -0.2) is 0 Å². The van der Waals surface area contributed by atoms with E-state index in [2.05, 4.69) is 5.10 Å². The molecule has 0 saturated heterocycles. The average molecular weight is 228 g/mol. The van der Waals surface area contributed by atoms with Crippen LogP contribution in [-0.4, -0.2) is 9.78 Å². The minimum atomic E-state index is 0.560. The lowest BCUT2D eigenvalue weighted by Crippen LogP contribution is -2.02. The molecule has 0 bridgehead atoms. The normalized spacial score (nSPS) is 10.7. The van der Waals surface area contributed by atoms with Gasteiger partial charge in [-0.3, -0.25) is 4.68 Å². The molecule has 0 saturated carbocycles. The van der Waals surface area contributed by atoms with E-state index in [0.29, 0.717) is 5.82 Å². The van der Waals surface area contributed by atoms with Crippen LogP contribution in [0, 0.1) is 6.92 Å². The number of halogens is 1. The molecule has 2 N–H and O–H groups in total. The van der Waals surface area contributed by atoms with Gasteiger partial charge in [-0.15, -0.1) is 11.3 Å². The van der Waals surface area contributed by atoms with Gasteiger partial charge < -0.3 is 5.73 Å². The maximum absolute atomic E-state index is 5.84. The molecular formula is C9H10ClN3S. The SMILES string of the molecule is Cc1cc(N)nn1Cc1ccc(Cl)s1. The Labute approximate surface area is 91.1 Å². The van der Waals surface area contributed by atoms with Crippen LogP contribution in [-0.2, 0) is 6.54 Å². The zero-order valence-electron chi connectivity index (χ0n) is 7.70. The number of anilines is 1. The fourth-order valence-electron chi connectivity index (χ4n) is 1.28. The summed E-state index contributed by atoms with van der Waals surface area (Å²) in [6, 6.07) is 5.75. The van der Waals surface area contributed by atoms with Crippen LogP contribution in [0.3, 0.4) is 0 Å². The Morgan fingerprint density at radius 3 is 2.86 bits per heavy atom. The molecule has 0 atom stereocenters. The van der Waals surface area contributed by atoms with Gasteiger partial charge in [0.15, 0.2) is 0 Å². The van der Waals surface area contributed by atoms with Crippen LogP contribution in [0.1, 0.15) is 10.6 Å². The third kappa shape index (κ3) is 1.91. The summed E-state index contributed by atoms with van der Waals surface area (Å²) in [6.45, 7) is 2.72. The number of nitrogens with two attached hydrogens (primary N) is 1. The first-order valence-corrected chi connectivity index (χ1v) is 5.39. The van der Waals surface area contributed by atoms with Crippen molar-refractivity contribution in [2.24, 2.45) is 0 Å². The summed E-state index contributed by atoms with van der Waals surface area (Å²) in [5.74, 6) is 0.560. The zero-order valence-corrected chi connectivity index (χ0v) is 9.27. The maximum atomic E-state index is 5.84. The molecule has 0 aliphatic carbocycles. The number of hydrogen-bond acceptors (Lipinski definition) is 3. The highest BCUT2D eigenvalue weighted by molar-refractivity contribution is 7.16. The Morgan fingerprint density at radius 2 is 2.36 bits per heavy atom. The molecule has 2 aromatic heterocycles. The molecule has 0 aliphatic rings. The van der Waals surface area contributed by atoms with E-state index in [0.717, 1.165) is 16.6 Å². The maximum Gasteiger partial charge on any atom is 0.145 e. The fraction of sp³-hybridized carbons (Fsp3) is 0.222. The van der Waals surface area contributed by atoms with Crippen molar-refractivity contribution in [3.05, 3.63) is 33.1 Å². The van der Waals surface area contributed by atoms with E-state index in [4.69, 9.17) is 17.3 Å². The number of nitrogens with zero attached hydrogens (tertiary/aromatic N) is 2. The van der Waals surface area contributed by atoms with Gasteiger partial charge in [0.25, 0.3) is 0 Å². The van der Waals surface area contributed by atoms with Crippen LogP contribution in [0.4, 0.5) is 5.82 Å². The van der Waals surface area contributed by atoms with E-state index in [1.165, 1.54) is 4.88 Å². The van der Waals surface area contributed by atoms with E-state index < -0.39 is 0 Å². The van der Waals surface area contributed by atoms with E-state index in [1.807, 2.05) is 29.8 Å². The number of rotatable bonds is 2. The predicted molar refractivity (Wildman–Crippen MR) is 59.8 cm³/mol.